The standard InChI is InChI=1S/C14H26N2O2/c1-15-8-7-13(9-15)16(2)14(18)12-5-3-11(10-17)4-6-12/h11-13,17H,3-10H2,1-2H3. The normalized spacial score (nSPS) is 33.6. The Morgan fingerprint density at radius 1 is 1.28 bits per heavy atom. The molecule has 104 valence electrons. The number of hydrogen-bond donors (Lipinski definition) is 1. The van der Waals surface area contributed by atoms with Crippen LogP contribution < -0.4 is 0 Å². The third kappa shape index (κ3) is 3.04. The average Bonchev–Trinajstić information content (AvgIpc) is 2.84. The van der Waals surface area contributed by atoms with Crippen LogP contribution in [0.5, 0.6) is 0 Å². The molecule has 1 unspecified atom stereocenters. The summed E-state index contributed by atoms with van der Waals surface area (Å²) >= 11 is 0. The first-order valence-corrected chi connectivity index (χ1v) is 7.18. The maximum Gasteiger partial charge on any atom is 0.225 e. The lowest BCUT2D eigenvalue weighted by molar-refractivity contribution is -0.137. The zero-order valence-corrected chi connectivity index (χ0v) is 11.6. The summed E-state index contributed by atoms with van der Waals surface area (Å²) in [4.78, 5) is 16.7. The highest BCUT2D eigenvalue weighted by molar-refractivity contribution is 5.79. The molecule has 1 saturated carbocycles. The van der Waals surface area contributed by atoms with Crippen LogP contribution in [-0.4, -0.2) is 60.6 Å². The molecule has 1 heterocycles. The molecule has 2 aliphatic rings. The second-order valence-corrected chi connectivity index (χ2v) is 6.05. The molecule has 0 radical (unpaired) electrons. The molecule has 1 aliphatic carbocycles. The number of aliphatic hydroxyl groups excluding tert-OH is 1. The summed E-state index contributed by atoms with van der Waals surface area (Å²) in [6.07, 6.45) is 5.02. The number of hydrogen-bond acceptors (Lipinski definition) is 3. The first kappa shape index (κ1) is 13.8. The number of nitrogens with zero attached hydrogens (tertiary/aromatic N) is 2. The van der Waals surface area contributed by atoms with Crippen LogP contribution in [0.1, 0.15) is 32.1 Å². The highest BCUT2D eigenvalue weighted by Crippen LogP contribution is 2.30. The van der Waals surface area contributed by atoms with E-state index in [0.29, 0.717) is 17.9 Å². The van der Waals surface area contributed by atoms with Crippen molar-refractivity contribution in [2.24, 2.45) is 11.8 Å². The molecule has 1 amide bonds. The summed E-state index contributed by atoms with van der Waals surface area (Å²) in [5.74, 6) is 0.951. The van der Waals surface area contributed by atoms with Gasteiger partial charge in [-0.2, -0.15) is 0 Å². The molecule has 0 aromatic heterocycles. The van der Waals surface area contributed by atoms with E-state index in [1.54, 1.807) is 0 Å². The van der Waals surface area contributed by atoms with Crippen LogP contribution in [0.3, 0.4) is 0 Å². The Bertz CT molecular complexity index is 288. The van der Waals surface area contributed by atoms with Crippen molar-refractivity contribution < 1.29 is 9.90 Å². The summed E-state index contributed by atoms with van der Waals surface area (Å²) in [6.45, 7) is 2.39. The molecule has 1 saturated heterocycles. The Morgan fingerprint density at radius 3 is 2.44 bits per heavy atom. The van der Waals surface area contributed by atoms with Crippen LogP contribution in [-0.2, 0) is 4.79 Å². The molecule has 1 atom stereocenters. The van der Waals surface area contributed by atoms with Crippen molar-refractivity contribution in [2.45, 2.75) is 38.1 Å². The van der Waals surface area contributed by atoms with Crippen molar-refractivity contribution in [3.63, 3.8) is 0 Å². The lowest BCUT2D eigenvalue weighted by Gasteiger charge is -2.32. The van der Waals surface area contributed by atoms with E-state index < -0.39 is 0 Å². The maximum atomic E-state index is 12.4. The maximum absolute atomic E-state index is 12.4. The fourth-order valence-electron chi connectivity index (χ4n) is 3.29. The summed E-state index contributed by atoms with van der Waals surface area (Å²) in [6, 6.07) is 0.401. The Kier molecular flexibility index (Phi) is 4.62. The van der Waals surface area contributed by atoms with Crippen LogP contribution in [0, 0.1) is 11.8 Å². The first-order chi connectivity index (χ1) is 8.61. The van der Waals surface area contributed by atoms with E-state index in [1.807, 2.05) is 11.9 Å². The lowest BCUT2D eigenvalue weighted by atomic mass is 9.81. The van der Waals surface area contributed by atoms with Gasteiger partial charge in [0, 0.05) is 32.2 Å². The van der Waals surface area contributed by atoms with Gasteiger partial charge in [-0.3, -0.25) is 4.79 Å². The molecule has 0 aromatic rings. The van der Waals surface area contributed by atoms with E-state index in [0.717, 1.165) is 45.2 Å². The SMILES string of the molecule is CN1CCC(N(C)C(=O)C2CCC(CO)CC2)C1. The average molecular weight is 254 g/mol. The molecule has 2 fully saturated rings. The second-order valence-electron chi connectivity index (χ2n) is 6.05. The minimum absolute atomic E-state index is 0.198. The third-order valence-electron chi connectivity index (χ3n) is 4.72. The van der Waals surface area contributed by atoms with Gasteiger partial charge in [-0.15, -0.1) is 0 Å². The number of carbonyl (C=O) groups excluding carboxylic acids is 1. The van der Waals surface area contributed by atoms with Gasteiger partial charge in [-0.1, -0.05) is 0 Å². The number of likely N-dealkylation sites (N-methyl/N-ethyl adjacent to an activating group) is 2. The molecular formula is C14H26N2O2. The van der Waals surface area contributed by atoms with Gasteiger partial charge in [-0.25, -0.2) is 0 Å². The van der Waals surface area contributed by atoms with Gasteiger partial charge in [0.25, 0.3) is 0 Å². The van der Waals surface area contributed by atoms with E-state index in [4.69, 9.17) is 5.11 Å². The van der Waals surface area contributed by atoms with E-state index >= 15 is 0 Å². The molecule has 4 heteroatoms. The third-order valence-corrected chi connectivity index (χ3v) is 4.72. The molecule has 2 rings (SSSR count). The van der Waals surface area contributed by atoms with E-state index in [9.17, 15) is 4.79 Å². The summed E-state index contributed by atoms with van der Waals surface area (Å²) in [5.41, 5.74) is 0. The summed E-state index contributed by atoms with van der Waals surface area (Å²) < 4.78 is 0. The zero-order chi connectivity index (χ0) is 13.1. The molecule has 1 aliphatic heterocycles. The van der Waals surface area contributed by atoms with Crippen molar-refractivity contribution in [1.82, 2.24) is 9.80 Å². The number of carbonyl (C=O) groups is 1. The van der Waals surface area contributed by atoms with Crippen LogP contribution in [0.15, 0.2) is 0 Å². The highest BCUT2D eigenvalue weighted by Gasteiger charge is 2.32. The largest absolute Gasteiger partial charge is 0.396 e. The van der Waals surface area contributed by atoms with Crippen molar-refractivity contribution in [3.05, 3.63) is 0 Å². The topological polar surface area (TPSA) is 43.8 Å². The van der Waals surface area contributed by atoms with Crippen molar-refractivity contribution in [3.8, 4) is 0 Å². The van der Waals surface area contributed by atoms with Gasteiger partial charge in [0.1, 0.15) is 0 Å². The van der Waals surface area contributed by atoms with Crippen molar-refractivity contribution >= 4 is 5.91 Å². The first-order valence-electron chi connectivity index (χ1n) is 7.18. The van der Waals surface area contributed by atoms with Gasteiger partial charge in [0.05, 0.1) is 0 Å². The van der Waals surface area contributed by atoms with Gasteiger partial charge in [0.15, 0.2) is 0 Å². The lowest BCUT2D eigenvalue weighted by Crippen LogP contribution is -2.42. The Balaban J connectivity index is 1.84. The van der Waals surface area contributed by atoms with E-state index in [2.05, 4.69) is 11.9 Å². The Hall–Kier alpha value is -0.610. The second kappa shape index (κ2) is 6.02. The monoisotopic (exact) mass is 254 g/mol. The molecule has 1 N–H and O–H groups in total. The number of aliphatic hydroxyl groups is 1. The van der Waals surface area contributed by atoms with Crippen LogP contribution in [0.4, 0.5) is 0 Å². The highest BCUT2D eigenvalue weighted by atomic mass is 16.3. The fraction of sp³-hybridized carbons (Fsp3) is 0.929. The van der Waals surface area contributed by atoms with E-state index in [1.165, 1.54) is 0 Å². The molecule has 4 nitrogen and oxygen atoms in total. The predicted molar refractivity (Wildman–Crippen MR) is 71.2 cm³/mol. The smallest absolute Gasteiger partial charge is 0.225 e. The minimum atomic E-state index is 0.198. The van der Waals surface area contributed by atoms with Crippen molar-refractivity contribution in [1.29, 1.82) is 0 Å². The molecule has 0 aromatic carbocycles. The molecule has 0 spiro atoms. The number of rotatable bonds is 3. The zero-order valence-electron chi connectivity index (χ0n) is 11.6. The summed E-state index contributed by atoms with van der Waals surface area (Å²) in [7, 11) is 4.08. The van der Waals surface area contributed by atoms with Gasteiger partial charge < -0.3 is 14.9 Å². The van der Waals surface area contributed by atoms with E-state index in [-0.39, 0.29) is 12.5 Å². The molecule has 0 bridgehead atoms. The van der Waals surface area contributed by atoms with Crippen LogP contribution in [0.2, 0.25) is 0 Å². The Morgan fingerprint density at radius 2 is 1.94 bits per heavy atom. The number of likely N-dealkylation sites (tertiary alicyclic amines) is 1. The number of amides is 1. The van der Waals surface area contributed by atoms with Crippen LogP contribution in [0.25, 0.3) is 0 Å². The minimum Gasteiger partial charge on any atom is -0.396 e. The quantitative estimate of drug-likeness (QED) is 0.815. The van der Waals surface area contributed by atoms with Crippen LogP contribution >= 0.6 is 0 Å². The van der Waals surface area contributed by atoms with Gasteiger partial charge >= 0.3 is 0 Å². The van der Waals surface area contributed by atoms with Gasteiger partial charge in [0.2, 0.25) is 5.91 Å². The molecular weight excluding hydrogens is 228 g/mol. The predicted octanol–water partition coefficient (Wildman–Crippen LogP) is 0.948. The molecule has 18 heavy (non-hydrogen) atoms. The fourth-order valence-corrected chi connectivity index (χ4v) is 3.29. The summed E-state index contributed by atoms with van der Waals surface area (Å²) in [5, 5.41) is 9.13. The van der Waals surface area contributed by atoms with Crippen molar-refractivity contribution in [2.75, 3.05) is 33.8 Å². The Labute approximate surface area is 110 Å². The van der Waals surface area contributed by atoms with Gasteiger partial charge in [-0.05, 0) is 51.6 Å².